The van der Waals surface area contributed by atoms with Crippen LogP contribution in [0.5, 0.6) is 0 Å². The van der Waals surface area contributed by atoms with Crippen molar-refractivity contribution >= 4 is 5.91 Å². The van der Waals surface area contributed by atoms with Crippen molar-refractivity contribution in [2.24, 2.45) is 0 Å². The summed E-state index contributed by atoms with van der Waals surface area (Å²) < 4.78 is 11.2. The van der Waals surface area contributed by atoms with Gasteiger partial charge in [0.05, 0.1) is 25.4 Å². The fraction of sp³-hybridized carbons (Fsp3) is 0.929. The van der Waals surface area contributed by atoms with Gasteiger partial charge in [0.25, 0.3) is 0 Å². The SMILES string of the molecule is CCCCCC/C=C/CCCC[C@@H](O)[C@H](CO[C@H]1O[C@@H](CO)[C@H](O)C(O)C1O)NC(=O)CCCCCCCCCCCCCCCCCCCC. The molecule has 7 atom stereocenters. The zero-order chi connectivity index (χ0) is 37.4. The number of carbonyl (C=O) groups excluding carboxylic acids is 1. The van der Waals surface area contributed by atoms with Gasteiger partial charge in [0, 0.05) is 6.42 Å². The van der Waals surface area contributed by atoms with Crippen LogP contribution < -0.4 is 5.32 Å². The lowest BCUT2D eigenvalue weighted by atomic mass is 9.99. The van der Waals surface area contributed by atoms with Crippen molar-refractivity contribution in [1.82, 2.24) is 5.32 Å². The second kappa shape index (κ2) is 33.5. The Balaban J connectivity index is 2.32. The van der Waals surface area contributed by atoms with E-state index >= 15 is 0 Å². The minimum absolute atomic E-state index is 0.146. The van der Waals surface area contributed by atoms with Crippen LogP contribution in [0.15, 0.2) is 12.2 Å². The van der Waals surface area contributed by atoms with Crippen molar-refractivity contribution in [3.8, 4) is 0 Å². The molecule has 0 aromatic carbocycles. The van der Waals surface area contributed by atoms with Crippen LogP contribution in [0.3, 0.4) is 0 Å². The van der Waals surface area contributed by atoms with Gasteiger partial charge in [-0.25, -0.2) is 0 Å². The van der Waals surface area contributed by atoms with Crippen molar-refractivity contribution in [2.45, 2.75) is 236 Å². The lowest BCUT2D eigenvalue weighted by Gasteiger charge is -2.40. The summed E-state index contributed by atoms with van der Waals surface area (Å²) in [5.41, 5.74) is 0. The predicted molar refractivity (Wildman–Crippen MR) is 207 cm³/mol. The van der Waals surface area contributed by atoms with Gasteiger partial charge >= 0.3 is 0 Å². The van der Waals surface area contributed by atoms with Crippen molar-refractivity contribution in [3.63, 3.8) is 0 Å². The summed E-state index contributed by atoms with van der Waals surface area (Å²) in [5.74, 6) is -0.154. The maximum Gasteiger partial charge on any atom is 0.220 e. The molecule has 0 aromatic heterocycles. The van der Waals surface area contributed by atoms with Crippen LogP contribution in [-0.2, 0) is 14.3 Å². The lowest BCUT2D eigenvalue weighted by Crippen LogP contribution is -2.60. The topological polar surface area (TPSA) is 149 Å². The number of rotatable bonds is 35. The van der Waals surface area contributed by atoms with E-state index in [9.17, 15) is 30.3 Å². The summed E-state index contributed by atoms with van der Waals surface area (Å²) in [4.78, 5) is 12.9. The highest BCUT2D eigenvalue weighted by atomic mass is 16.7. The molecule has 0 bridgehead atoms. The highest BCUT2D eigenvalue weighted by Gasteiger charge is 2.44. The molecule has 0 aromatic rings. The molecule has 9 heteroatoms. The van der Waals surface area contributed by atoms with E-state index in [0.717, 1.165) is 44.9 Å². The number of amides is 1. The van der Waals surface area contributed by atoms with Crippen LogP contribution in [0.1, 0.15) is 194 Å². The number of allylic oxidation sites excluding steroid dienone is 2. The van der Waals surface area contributed by atoms with Gasteiger partial charge in [-0.2, -0.15) is 0 Å². The van der Waals surface area contributed by atoms with Crippen LogP contribution in [0.25, 0.3) is 0 Å². The molecular weight excluding hydrogens is 646 g/mol. The molecule has 0 spiro atoms. The monoisotopic (exact) mass is 728 g/mol. The molecule has 6 N–H and O–H groups in total. The Bertz CT molecular complexity index is 812. The van der Waals surface area contributed by atoms with Crippen LogP contribution in [-0.4, -0.2) is 87.5 Å². The van der Waals surface area contributed by atoms with E-state index in [4.69, 9.17) is 9.47 Å². The van der Waals surface area contributed by atoms with Crippen molar-refractivity contribution < 1.29 is 39.8 Å². The van der Waals surface area contributed by atoms with E-state index in [1.807, 2.05) is 0 Å². The van der Waals surface area contributed by atoms with Gasteiger partial charge in [0.2, 0.25) is 5.91 Å². The number of unbranched alkanes of at least 4 members (excludes halogenated alkanes) is 23. The van der Waals surface area contributed by atoms with Crippen molar-refractivity contribution in [1.29, 1.82) is 0 Å². The van der Waals surface area contributed by atoms with Crippen LogP contribution >= 0.6 is 0 Å². The molecule has 302 valence electrons. The fourth-order valence-corrected chi connectivity index (χ4v) is 6.86. The molecule has 1 amide bonds. The summed E-state index contributed by atoms with van der Waals surface area (Å²) >= 11 is 0. The zero-order valence-corrected chi connectivity index (χ0v) is 32.9. The Morgan fingerprint density at radius 2 is 1.10 bits per heavy atom. The third-order valence-corrected chi connectivity index (χ3v) is 10.4. The Kier molecular flexibility index (Phi) is 31.5. The minimum atomic E-state index is -1.55. The molecule has 0 saturated carbocycles. The molecule has 1 heterocycles. The van der Waals surface area contributed by atoms with Crippen LogP contribution in [0, 0.1) is 0 Å². The third kappa shape index (κ3) is 24.8. The number of carbonyl (C=O) groups is 1. The van der Waals surface area contributed by atoms with E-state index in [-0.39, 0.29) is 12.5 Å². The third-order valence-electron chi connectivity index (χ3n) is 10.4. The van der Waals surface area contributed by atoms with Crippen molar-refractivity contribution in [2.75, 3.05) is 13.2 Å². The van der Waals surface area contributed by atoms with E-state index < -0.39 is 49.5 Å². The summed E-state index contributed by atoms with van der Waals surface area (Å²) in [7, 11) is 0. The zero-order valence-electron chi connectivity index (χ0n) is 32.9. The van der Waals surface area contributed by atoms with Gasteiger partial charge in [0.15, 0.2) is 6.29 Å². The number of nitrogens with one attached hydrogen (secondary N) is 1. The van der Waals surface area contributed by atoms with Gasteiger partial charge in [-0.1, -0.05) is 161 Å². The number of hydrogen-bond acceptors (Lipinski definition) is 8. The molecule has 1 aliphatic rings. The number of ether oxygens (including phenoxy) is 2. The van der Waals surface area contributed by atoms with E-state index in [1.165, 1.54) is 122 Å². The highest BCUT2D eigenvalue weighted by Crippen LogP contribution is 2.23. The number of hydrogen-bond donors (Lipinski definition) is 6. The van der Waals surface area contributed by atoms with Crippen LogP contribution in [0.2, 0.25) is 0 Å². The Morgan fingerprint density at radius 1 is 0.647 bits per heavy atom. The van der Waals surface area contributed by atoms with Crippen molar-refractivity contribution in [3.05, 3.63) is 12.2 Å². The molecule has 9 nitrogen and oxygen atoms in total. The first-order valence-electron chi connectivity index (χ1n) is 21.4. The number of aliphatic hydroxyl groups is 5. The molecule has 1 saturated heterocycles. The maximum atomic E-state index is 12.9. The van der Waals surface area contributed by atoms with E-state index in [1.54, 1.807) is 0 Å². The van der Waals surface area contributed by atoms with Gasteiger partial charge in [0.1, 0.15) is 24.4 Å². The average Bonchev–Trinajstić information content (AvgIpc) is 3.13. The Morgan fingerprint density at radius 3 is 1.59 bits per heavy atom. The molecule has 2 unspecified atom stereocenters. The smallest absolute Gasteiger partial charge is 0.220 e. The molecule has 0 radical (unpaired) electrons. The molecular formula is C42H81NO8. The second-order valence-electron chi connectivity index (χ2n) is 15.1. The van der Waals surface area contributed by atoms with Crippen LogP contribution in [0.4, 0.5) is 0 Å². The average molecular weight is 728 g/mol. The van der Waals surface area contributed by atoms with Gasteiger partial charge in [-0.15, -0.1) is 0 Å². The van der Waals surface area contributed by atoms with E-state index in [0.29, 0.717) is 12.8 Å². The first kappa shape index (κ1) is 48.0. The summed E-state index contributed by atoms with van der Waals surface area (Å²) in [6.45, 7) is 3.78. The molecule has 51 heavy (non-hydrogen) atoms. The minimum Gasteiger partial charge on any atom is -0.394 e. The Hall–Kier alpha value is -1.07. The fourth-order valence-electron chi connectivity index (χ4n) is 6.86. The van der Waals surface area contributed by atoms with Gasteiger partial charge in [-0.05, 0) is 38.5 Å². The summed E-state index contributed by atoms with van der Waals surface area (Å²) in [6.07, 6.45) is 29.4. The molecule has 1 aliphatic heterocycles. The normalized spacial score (nSPS) is 22.1. The first-order chi connectivity index (χ1) is 24.8. The van der Waals surface area contributed by atoms with Gasteiger partial charge in [-0.3, -0.25) is 4.79 Å². The van der Waals surface area contributed by atoms with Gasteiger partial charge < -0.3 is 40.3 Å². The summed E-state index contributed by atoms with van der Waals surface area (Å²) in [5, 5.41) is 54.1. The Labute approximate surface area is 312 Å². The lowest BCUT2D eigenvalue weighted by molar-refractivity contribution is -0.302. The quantitative estimate of drug-likeness (QED) is 0.0283. The number of aliphatic hydroxyl groups excluding tert-OH is 5. The molecule has 1 rings (SSSR count). The highest BCUT2D eigenvalue weighted by molar-refractivity contribution is 5.76. The first-order valence-corrected chi connectivity index (χ1v) is 21.4. The second-order valence-corrected chi connectivity index (χ2v) is 15.1. The summed E-state index contributed by atoms with van der Waals surface area (Å²) in [6, 6.07) is -0.727. The van der Waals surface area contributed by atoms with E-state index in [2.05, 4.69) is 31.3 Å². The maximum absolute atomic E-state index is 12.9. The standard InChI is InChI=1S/C42H81NO8/c1-3-5-7-9-11-13-15-16-17-18-19-20-21-22-24-26-28-30-32-38(46)43-35(34-50-42-41(49)40(48)39(47)37(33-44)51-42)36(45)31-29-27-25-23-14-12-10-8-6-4-2/h14,23,35-37,39-42,44-45,47-49H,3-13,15-22,24-34H2,1-2H3,(H,43,46)/b23-14+/t35-,36+,37-,39-,40?,41?,42-/m0/s1. The molecule has 0 aliphatic carbocycles. The largest absolute Gasteiger partial charge is 0.394 e. The molecule has 1 fully saturated rings. The predicted octanol–water partition coefficient (Wildman–Crippen LogP) is 8.17.